The Hall–Kier alpha value is -5.73. The maximum atomic E-state index is 13.4. The number of fused-ring (bicyclic) bond motifs is 2. The van der Waals surface area contributed by atoms with Crippen LogP contribution >= 0.6 is 0 Å². The van der Waals surface area contributed by atoms with Gasteiger partial charge >= 0.3 is 11.7 Å². The lowest BCUT2D eigenvalue weighted by atomic mass is 9.79. The zero-order valence-corrected chi connectivity index (χ0v) is 29.7. The number of benzene rings is 3. The fourth-order valence-corrected chi connectivity index (χ4v) is 7.27. The summed E-state index contributed by atoms with van der Waals surface area (Å²) in [5, 5.41) is 4.65. The molecule has 14 nitrogen and oxygen atoms in total. The molecule has 2 aromatic heterocycles. The molecule has 4 heterocycles. The SMILES string of the molecule is COc1ccc(C(OC[C@@]23CN(c4nc(C)n(C)n4)[C@@H]([C@H](n4cc(C)c(=O)[nH]c4=O)O2)[C@@H]3OC(C)=O)(c2ccccc2)c2ccc(OC)cc2)cc1. The highest BCUT2D eigenvalue weighted by Crippen LogP contribution is 2.51. The summed E-state index contributed by atoms with van der Waals surface area (Å²) in [6.45, 7) is 4.79. The van der Waals surface area contributed by atoms with E-state index in [1.54, 1.807) is 32.9 Å². The molecule has 2 aliphatic heterocycles. The van der Waals surface area contributed by atoms with Crippen LogP contribution in [0.2, 0.25) is 0 Å². The standard InChI is InChI=1S/C38H40N6O8/c1-23-20-43(36(47)40-33(23)46)34-31-32(51-25(3)45)37(52-34,21-44(31)35-39-24(2)42(4)41-35)22-50-38(26-10-8-7-9-11-26,27-12-16-29(48-5)17-13-27)28-14-18-30(49-6)19-15-28/h7-20,31-32,34H,21-22H2,1-6H3,(H,40,46,47)/t31-,32+,34-,37-/m1/s1. The molecule has 0 amide bonds. The summed E-state index contributed by atoms with van der Waals surface area (Å²) in [7, 11) is 5.00. The van der Waals surface area contributed by atoms with E-state index in [-0.39, 0.29) is 13.2 Å². The largest absolute Gasteiger partial charge is 0.497 e. The summed E-state index contributed by atoms with van der Waals surface area (Å²) in [6, 6.07) is 24.3. The molecule has 0 spiro atoms. The van der Waals surface area contributed by atoms with Gasteiger partial charge in [-0.3, -0.25) is 23.8 Å². The van der Waals surface area contributed by atoms with Crippen molar-refractivity contribution < 1.29 is 28.5 Å². The normalized spacial score (nSPS) is 21.0. The zero-order valence-electron chi connectivity index (χ0n) is 29.7. The number of morpholine rings is 1. The average Bonchev–Trinajstić information content (AvgIpc) is 3.76. The predicted molar refractivity (Wildman–Crippen MR) is 190 cm³/mol. The lowest BCUT2D eigenvalue weighted by Gasteiger charge is -2.41. The number of aromatic nitrogens is 5. The Kier molecular flexibility index (Phi) is 8.97. The maximum absolute atomic E-state index is 13.4. The van der Waals surface area contributed by atoms with Crippen molar-refractivity contribution in [2.75, 3.05) is 32.3 Å². The summed E-state index contributed by atoms with van der Waals surface area (Å²) in [6.07, 6.45) is -0.523. The number of hydrogen-bond acceptors (Lipinski definition) is 11. The Bertz CT molecular complexity index is 2130. The second-order valence-electron chi connectivity index (χ2n) is 13.1. The van der Waals surface area contributed by atoms with Gasteiger partial charge < -0.3 is 28.6 Å². The average molecular weight is 709 g/mol. The van der Waals surface area contributed by atoms with Crippen LogP contribution in [-0.2, 0) is 31.7 Å². The second-order valence-corrected chi connectivity index (χ2v) is 13.1. The third-order valence-electron chi connectivity index (χ3n) is 9.92. The Morgan fingerprint density at radius 1 is 0.942 bits per heavy atom. The number of nitrogens with zero attached hydrogens (tertiary/aromatic N) is 5. The van der Waals surface area contributed by atoms with Gasteiger partial charge in [-0.05, 0) is 54.8 Å². The number of carbonyl (C=O) groups is 1. The number of rotatable bonds is 11. The Labute approximate surface area is 299 Å². The highest BCUT2D eigenvalue weighted by Gasteiger charge is 2.68. The maximum Gasteiger partial charge on any atom is 0.330 e. The minimum atomic E-state index is -1.35. The Morgan fingerprint density at radius 3 is 2.08 bits per heavy atom. The molecular weight excluding hydrogens is 668 g/mol. The van der Waals surface area contributed by atoms with Crippen molar-refractivity contribution in [3.63, 3.8) is 0 Å². The zero-order chi connectivity index (χ0) is 36.8. The van der Waals surface area contributed by atoms with E-state index in [9.17, 15) is 14.4 Å². The van der Waals surface area contributed by atoms with E-state index in [2.05, 4.69) is 10.1 Å². The molecule has 2 saturated heterocycles. The molecule has 2 aliphatic rings. The highest BCUT2D eigenvalue weighted by atomic mass is 16.6. The number of anilines is 1. The van der Waals surface area contributed by atoms with Gasteiger partial charge in [0.1, 0.15) is 29.0 Å². The van der Waals surface area contributed by atoms with Crippen molar-refractivity contribution in [3.05, 3.63) is 134 Å². The van der Waals surface area contributed by atoms with Crippen LogP contribution in [0.4, 0.5) is 5.95 Å². The fraction of sp³-hybridized carbons (Fsp3) is 0.342. The van der Waals surface area contributed by atoms with Crippen molar-refractivity contribution in [3.8, 4) is 11.5 Å². The smallest absolute Gasteiger partial charge is 0.330 e. The van der Waals surface area contributed by atoms with E-state index in [4.69, 9.17) is 28.7 Å². The molecule has 0 unspecified atom stereocenters. The van der Waals surface area contributed by atoms with E-state index in [1.165, 1.54) is 17.7 Å². The fourth-order valence-electron chi connectivity index (χ4n) is 7.27. The summed E-state index contributed by atoms with van der Waals surface area (Å²) >= 11 is 0. The van der Waals surface area contributed by atoms with Crippen LogP contribution in [0.3, 0.4) is 0 Å². The van der Waals surface area contributed by atoms with Crippen LogP contribution < -0.4 is 25.6 Å². The van der Waals surface area contributed by atoms with Gasteiger partial charge in [0.2, 0.25) is 5.95 Å². The van der Waals surface area contributed by atoms with Gasteiger partial charge in [-0.2, -0.15) is 4.98 Å². The second kappa shape index (κ2) is 13.4. The van der Waals surface area contributed by atoms with Crippen LogP contribution in [0, 0.1) is 13.8 Å². The number of aromatic amines is 1. The van der Waals surface area contributed by atoms with E-state index < -0.39 is 46.8 Å². The van der Waals surface area contributed by atoms with Gasteiger partial charge in [-0.25, -0.2) is 4.79 Å². The van der Waals surface area contributed by atoms with Crippen molar-refractivity contribution in [1.29, 1.82) is 0 Å². The quantitative estimate of drug-likeness (QED) is 0.159. The monoisotopic (exact) mass is 708 g/mol. The number of methoxy groups -OCH3 is 2. The molecule has 52 heavy (non-hydrogen) atoms. The first-order chi connectivity index (χ1) is 25.0. The molecule has 7 rings (SSSR count). The Morgan fingerprint density at radius 2 is 1.54 bits per heavy atom. The number of esters is 1. The number of ether oxygens (including phenoxy) is 5. The first-order valence-corrected chi connectivity index (χ1v) is 16.8. The van der Waals surface area contributed by atoms with Gasteiger partial charge in [-0.15, -0.1) is 5.10 Å². The number of nitrogens with one attached hydrogen (secondary N) is 1. The first kappa shape index (κ1) is 34.7. The van der Waals surface area contributed by atoms with Crippen molar-refractivity contribution in [2.24, 2.45) is 7.05 Å². The minimum Gasteiger partial charge on any atom is -0.497 e. The molecule has 270 valence electrons. The summed E-state index contributed by atoms with van der Waals surface area (Å²) in [4.78, 5) is 47.6. The lowest BCUT2D eigenvalue weighted by molar-refractivity contribution is -0.175. The molecule has 0 saturated carbocycles. The van der Waals surface area contributed by atoms with E-state index in [0.29, 0.717) is 28.8 Å². The van der Waals surface area contributed by atoms with Crippen LogP contribution in [0.1, 0.15) is 41.2 Å². The predicted octanol–water partition coefficient (Wildman–Crippen LogP) is 3.40. The molecule has 5 aromatic rings. The van der Waals surface area contributed by atoms with Crippen molar-refractivity contribution in [2.45, 2.75) is 50.3 Å². The molecule has 0 aliphatic carbocycles. The highest BCUT2D eigenvalue weighted by molar-refractivity contribution is 5.67. The third kappa shape index (κ3) is 5.83. The first-order valence-electron chi connectivity index (χ1n) is 16.8. The summed E-state index contributed by atoms with van der Waals surface area (Å²) in [5.41, 5.74) is -1.06. The number of hydrogen-bond donors (Lipinski definition) is 1. The molecule has 14 heteroatoms. The van der Waals surface area contributed by atoms with Gasteiger partial charge in [0, 0.05) is 25.7 Å². The molecule has 3 aromatic carbocycles. The number of carbonyl (C=O) groups excluding carboxylic acids is 1. The van der Waals surface area contributed by atoms with Gasteiger partial charge in [0.05, 0.1) is 27.4 Å². The van der Waals surface area contributed by atoms with Gasteiger partial charge in [0.25, 0.3) is 5.56 Å². The van der Waals surface area contributed by atoms with Crippen LogP contribution in [0.5, 0.6) is 11.5 Å². The summed E-state index contributed by atoms with van der Waals surface area (Å²) < 4.78 is 34.3. The number of aryl methyl sites for hydroxylation is 3. The molecule has 0 radical (unpaired) electrons. The van der Waals surface area contributed by atoms with E-state index in [0.717, 1.165) is 16.7 Å². The molecule has 4 atom stereocenters. The van der Waals surface area contributed by atoms with Crippen LogP contribution in [0.15, 0.2) is 94.6 Å². The number of H-pyrrole nitrogens is 1. The van der Waals surface area contributed by atoms with Crippen LogP contribution in [-0.4, -0.2) is 75.4 Å². The van der Waals surface area contributed by atoms with Gasteiger partial charge in [-0.1, -0.05) is 54.6 Å². The van der Waals surface area contributed by atoms with Crippen LogP contribution in [0.25, 0.3) is 0 Å². The lowest BCUT2D eigenvalue weighted by Crippen LogP contribution is -2.52. The molecule has 2 fully saturated rings. The van der Waals surface area contributed by atoms with Crippen molar-refractivity contribution >= 4 is 11.9 Å². The van der Waals surface area contributed by atoms with Crippen molar-refractivity contribution in [1.82, 2.24) is 24.3 Å². The third-order valence-corrected chi connectivity index (χ3v) is 9.92. The molecule has 2 bridgehead atoms. The van der Waals surface area contributed by atoms with Gasteiger partial charge in [0.15, 0.2) is 17.9 Å². The topological polar surface area (TPSA) is 152 Å². The van der Waals surface area contributed by atoms with E-state index >= 15 is 0 Å². The Balaban J connectivity index is 1.41. The van der Waals surface area contributed by atoms with E-state index in [1.807, 2.05) is 90.7 Å². The minimum absolute atomic E-state index is 0.121. The molecule has 1 N–H and O–H groups in total. The molecular formula is C38H40N6O8. The summed E-state index contributed by atoms with van der Waals surface area (Å²) in [5.74, 6) is 1.82.